The molecule has 7 aromatic rings. The van der Waals surface area contributed by atoms with Crippen molar-refractivity contribution in [3.63, 3.8) is 0 Å². The Bertz CT molecular complexity index is 2820. The van der Waals surface area contributed by atoms with E-state index in [9.17, 15) is 0 Å². The zero-order chi connectivity index (χ0) is 36.7. The van der Waals surface area contributed by atoms with Gasteiger partial charge in [-0.05, 0) is 24.3 Å². The monoisotopic (exact) mass is 983 g/mol. The molecule has 0 saturated carbocycles. The van der Waals surface area contributed by atoms with Gasteiger partial charge in [0.15, 0.2) is 0 Å². The van der Waals surface area contributed by atoms with Gasteiger partial charge in [0.2, 0.25) is 0 Å². The molecule has 0 amide bonds. The molecule has 8 nitrogen and oxygen atoms in total. The fourth-order valence-electron chi connectivity index (χ4n) is 5.99. The fraction of sp³-hybridized carbons (Fsp3) is 0. The van der Waals surface area contributed by atoms with Crippen LogP contribution >= 0.6 is 139 Å². The maximum atomic E-state index is 6.79. The van der Waals surface area contributed by atoms with E-state index in [1.54, 1.807) is 0 Å². The van der Waals surface area contributed by atoms with Crippen LogP contribution in [0.25, 0.3) is 89.7 Å². The summed E-state index contributed by atoms with van der Waals surface area (Å²) in [6.07, 6.45) is 0. The van der Waals surface area contributed by atoms with Crippen LogP contribution < -0.4 is 9.97 Å². The second-order valence-corrected chi connectivity index (χ2v) is 15.9. The summed E-state index contributed by atoms with van der Waals surface area (Å²) in [6, 6.07) is 5.81. The number of rotatable bonds is 0. The Labute approximate surface area is 366 Å². The van der Waals surface area contributed by atoms with Crippen LogP contribution in [0, 0.1) is 0 Å². The van der Waals surface area contributed by atoms with Crippen LogP contribution in [0.4, 0.5) is 0 Å². The van der Waals surface area contributed by atoms with E-state index in [0.29, 0.717) is 0 Å². The van der Waals surface area contributed by atoms with Crippen molar-refractivity contribution in [2.75, 3.05) is 0 Å². The van der Waals surface area contributed by atoms with Crippen LogP contribution in [0.3, 0.4) is 0 Å². The molecule has 0 aliphatic carbocycles. The minimum atomic E-state index is 0. The molecule has 0 fully saturated rings. The zero-order valence-electron chi connectivity index (χ0n) is 24.7. The van der Waals surface area contributed by atoms with E-state index in [1.807, 2.05) is 0 Å². The van der Waals surface area contributed by atoms with Gasteiger partial charge in [-0.3, -0.25) is 0 Å². The Morgan fingerprint density at radius 1 is 0.302 bits per heavy atom. The number of aromatic nitrogens is 8. The largest absolute Gasteiger partial charge is 2.00 e. The Morgan fingerprint density at radius 3 is 0.943 bits per heavy atom. The molecule has 1 radical (unpaired) electrons. The molecule has 4 aromatic carbocycles. The Kier molecular flexibility index (Phi) is 9.87. The molecule has 9 rings (SSSR count). The number of nitrogens with zero attached hydrogens (tertiary/aromatic N) is 8. The molecule has 53 heavy (non-hydrogen) atoms. The van der Waals surface area contributed by atoms with E-state index in [4.69, 9.17) is 179 Å². The van der Waals surface area contributed by atoms with Gasteiger partial charge in [-0.2, -0.15) is 0 Å². The summed E-state index contributed by atoms with van der Waals surface area (Å²) in [5, 5.41) is 2.57. The van der Waals surface area contributed by atoms with Gasteiger partial charge in [0.05, 0.1) is 83.6 Å². The standard InChI is InChI=1S/C32H4Cl12N8.Cu/c33-5-1-9(37)21(41)17-13(5)25-45-29(17)50-26-15-7(35)3-11(39)23(43)19(15)31(47-26)52-28-16-8(36)4-12(40)24(44)20(16)32(48-28)51-27-14-6(34)2-10(38)22(42)18(14)30(46-27)49-25;/h1-4H;/q-2;+2. The molecule has 5 heterocycles. The summed E-state index contributed by atoms with van der Waals surface area (Å²) in [5.41, 5.74) is 1.20. The third-order valence-electron chi connectivity index (χ3n) is 8.17. The first-order chi connectivity index (χ1) is 24.7. The van der Waals surface area contributed by atoms with Crippen LogP contribution in [0.2, 0.25) is 60.3 Å². The average Bonchev–Trinajstić information content (AvgIpc) is 3.82. The van der Waals surface area contributed by atoms with Crippen molar-refractivity contribution in [3.8, 4) is 45.6 Å². The van der Waals surface area contributed by atoms with Crippen molar-refractivity contribution in [2.45, 2.75) is 0 Å². The molecule has 0 N–H and O–H groups in total. The molecule has 3 aromatic heterocycles. The van der Waals surface area contributed by atoms with Crippen LogP contribution in [0.5, 0.6) is 0 Å². The maximum Gasteiger partial charge on any atom is 2.00 e. The normalized spacial score (nSPS) is 12.0. The van der Waals surface area contributed by atoms with Gasteiger partial charge in [0.1, 0.15) is 0 Å². The first-order valence-electron chi connectivity index (χ1n) is 14.2. The molecule has 2 aliphatic heterocycles. The smallest absolute Gasteiger partial charge is 0.357 e. The molecular weight excluding hydrogens is 985 g/mol. The maximum absolute atomic E-state index is 6.79. The van der Waals surface area contributed by atoms with Gasteiger partial charge in [0, 0.05) is 66.4 Å². The number of benzene rings is 4. The zero-order valence-corrected chi connectivity index (χ0v) is 34.7. The SMILES string of the molecule is Clc1cc(Cl)c2c(c1Cl)-c1nc-2nc2[n-]c(nc3nc(nc4[n-]c(n1)c1c(Cl)cc(Cl)c(Cl)c41)-c1c(Cl)cc(Cl)c(Cl)c1-3)c1c(Cl)cc(Cl)c(Cl)c21.[Cu+2]. The molecule has 0 unspecified atom stereocenters. The number of hydrogen-bond donors (Lipinski definition) is 0. The Balaban J connectivity index is 0.00000400. The number of fused-ring (bicyclic) bond motifs is 20. The second kappa shape index (κ2) is 13.7. The molecule has 0 saturated heterocycles. The average molecular weight is 989 g/mol. The van der Waals surface area contributed by atoms with E-state index in [2.05, 4.69) is 0 Å². The molecule has 8 bridgehead atoms. The summed E-state index contributed by atoms with van der Waals surface area (Å²) in [4.78, 5) is 38.1. The van der Waals surface area contributed by atoms with Crippen molar-refractivity contribution in [1.29, 1.82) is 0 Å². The molecule has 0 atom stereocenters. The molecule has 2 aliphatic rings. The molecule has 267 valence electrons. The van der Waals surface area contributed by atoms with Gasteiger partial charge in [-0.15, -0.1) is 0 Å². The van der Waals surface area contributed by atoms with Crippen molar-refractivity contribution in [1.82, 2.24) is 39.9 Å². The van der Waals surface area contributed by atoms with E-state index in [-0.39, 0.29) is 167 Å². The minimum absolute atomic E-state index is 0. The third-order valence-corrected chi connectivity index (χ3v) is 12.5. The molecular formula is C32H4Cl12CuN8. The summed E-state index contributed by atoms with van der Waals surface area (Å²) in [5.74, 6) is 0.123. The van der Waals surface area contributed by atoms with E-state index >= 15 is 0 Å². The van der Waals surface area contributed by atoms with Crippen LogP contribution in [-0.4, -0.2) is 29.9 Å². The minimum Gasteiger partial charge on any atom is -0.357 e. The van der Waals surface area contributed by atoms with E-state index < -0.39 is 0 Å². The first kappa shape index (κ1) is 38.1. The predicted molar refractivity (Wildman–Crippen MR) is 214 cm³/mol. The summed E-state index contributed by atoms with van der Waals surface area (Å²) < 4.78 is 0. The van der Waals surface area contributed by atoms with Gasteiger partial charge >= 0.3 is 17.1 Å². The van der Waals surface area contributed by atoms with Crippen molar-refractivity contribution >= 4 is 183 Å². The third kappa shape index (κ3) is 5.78. The quantitative estimate of drug-likeness (QED) is 0.109. The summed E-state index contributed by atoms with van der Waals surface area (Å²) in [6.45, 7) is 0. The topological polar surface area (TPSA) is 106 Å². The van der Waals surface area contributed by atoms with Crippen LogP contribution in [0.1, 0.15) is 0 Å². The van der Waals surface area contributed by atoms with E-state index in [0.717, 1.165) is 0 Å². The van der Waals surface area contributed by atoms with Crippen molar-refractivity contribution in [2.24, 2.45) is 0 Å². The first-order valence-corrected chi connectivity index (χ1v) is 18.7. The van der Waals surface area contributed by atoms with Crippen molar-refractivity contribution in [3.05, 3.63) is 84.5 Å². The second-order valence-electron chi connectivity index (χ2n) is 11.1. The Hall–Kier alpha value is -1.76. The fourth-order valence-corrected chi connectivity index (χ4v) is 9.12. The van der Waals surface area contributed by atoms with Gasteiger partial charge in [-0.1, -0.05) is 139 Å². The van der Waals surface area contributed by atoms with Gasteiger partial charge < -0.3 is 29.9 Å². The Morgan fingerprint density at radius 2 is 0.585 bits per heavy atom. The number of halogens is 12. The van der Waals surface area contributed by atoms with Crippen LogP contribution in [0.15, 0.2) is 24.3 Å². The summed E-state index contributed by atoms with van der Waals surface area (Å²) >= 11 is 80.2. The molecule has 0 spiro atoms. The van der Waals surface area contributed by atoms with E-state index in [1.165, 1.54) is 24.3 Å². The van der Waals surface area contributed by atoms with Gasteiger partial charge in [0.25, 0.3) is 0 Å². The van der Waals surface area contributed by atoms with Crippen LogP contribution in [-0.2, 0) is 17.1 Å². The summed E-state index contributed by atoms with van der Waals surface area (Å²) in [7, 11) is 0. The van der Waals surface area contributed by atoms with Crippen molar-refractivity contribution < 1.29 is 17.1 Å². The van der Waals surface area contributed by atoms with Gasteiger partial charge in [-0.25, -0.2) is 9.97 Å². The number of hydrogen-bond acceptors (Lipinski definition) is 6. The molecule has 21 heteroatoms. The predicted octanol–water partition coefficient (Wildman–Crippen LogP) is 14.0.